The molecule has 1 aromatic carbocycles. The predicted octanol–water partition coefficient (Wildman–Crippen LogP) is 2.35. The number of unbranched alkanes of at least 4 members (excludes halogenated alkanes) is 1. The van der Waals surface area contributed by atoms with Crippen LogP contribution in [0.25, 0.3) is 0 Å². The summed E-state index contributed by atoms with van der Waals surface area (Å²) in [6.45, 7) is 11.1. The van der Waals surface area contributed by atoms with Crippen LogP contribution in [0.2, 0.25) is 0 Å². The van der Waals surface area contributed by atoms with Gasteiger partial charge < -0.3 is 19.5 Å². The van der Waals surface area contributed by atoms with E-state index < -0.39 is 0 Å². The molecule has 0 bridgehead atoms. The van der Waals surface area contributed by atoms with Gasteiger partial charge in [-0.15, -0.1) is 0 Å². The first kappa shape index (κ1) is 20.0. The molecule has 1 amide bonds. The van der Waals surface area contributed by atoms with Crippen LogP contribution in [0.5, 0.6) is 11.5 Å². The van der Waals surface area contributed by atoms with Crippen LogP contribution in [0.1, 0.15) is 39.2 Å². The molecule has 2 aliphatic rings. The van der Waals surface area contributed by atoms with Crippen molar-refractivity contribution in [3.8, 4) is 11.5 Å². The van der Waals surface area contributed by atoms with Crippen LogP contribution in [0.3, 0.4) is 0 Å². The molecule has 150 valence electrons. The molecule has 1 aromatic rings. The van der Waals surface area contributed by atoms with Gasteiger partial charge in [0, 0.05) is 18.5 Å². The molecule has 0 saturated carbocycles. The SMILES string of the molecule is CCCCN1CCOCC1C(=O)NCC(C)(C)c1ccc2c(c1)OCCO2. The zero-order valence-corrected chi connectivity index (χ0v) is 16.8. The van der Waals surface area contributed by atoms with Gasteiger partial charge in [0.05, 0.1) is 13.2 Å². The number of nitrogens with zero attached hydrogens (tertiary/aromatic N) is 1. The molecule has 0 aromatic heterocycles. The summed E-state index contributed by atoms with van der Waals surface area (Å²) in [6.07, 6.45) is 2.23. The Bertz CT molecular complexity index is 647. The molecular formula is C21H32N2O4. The summed E-state index contributed by atoms with van der Waals surface area (Å²) in [5.74, 6) is 1.62. The maximum absolute atomic E-state index is 12.8. The van der Waals surface area contributed by atoms with Crippen LogP contribution < -0.4 is 14.8 Å². The minimum atomic E-state index is -0.213. The molecular weight excluding hydrogens is 344 g/mol. The number of carbonyl (C=O) groups is 1. The zero-order valence-electron chi connectivity index (χ0n) is 16.8. The van der Waals surface area contributed by atoms with Gasteiger partial charge in [0.1, 0.15) is 19.3 Å². The molecule has 3 rings (SSSR count). The van der Waals surface area contributed by atoms with Gasteiger partial charge in [-0.2, -0.15) is 0 Å². The molecule has 6 heteroatoms. The fourth-order valence-corrected chi connectivity index (χ4v) is 3.50. The number of hydrogen-bond acceptors (Lipinski definition) is 5. The Hall–Kier alpha value is -1.79. The van der Waals surface area contributed by atoms with Crippen molar-refractivity contribution in [3.05, 3.63) is 23.8 Å². The average Bonchev–Trinajstić information content (AvgIpc) is 2.70. The third-order valence-electron chi connectivity index (χ3n) is 5.37. The van der Waals surface area contributed by atoms with Crippen molar-refractivity contribution in [1.29, 1.82) is 0 Å². The van der Waals surface area contributed by atoms with E-state index in [0.717, 1.165) is 43.0 Å². The third-order valence-corrected chi connectivity index (χ3v) is 5.37. The topological polar surface area (TPSA) is 60.0 Å². The van der Waals surface area contributed by atoms with Gasteiger partial charge in [-0.1, -0.05) is 33.3 Å². The molecule has 6 nitrogen and oxygen atoms in total. The number of hydrogen-bond donors (Lipinski definition) is 1. The number of carbonyl (C=O) groups excluding carboxylic acids is 1. The van der Waals surface area contributed by atoms with Gasteiger partial charge in [0.15, 0.2) is 11.5 Å². The van der Waals surface area contributed by atoms with Gasteiger partial charge in [-0.25, -0.2) is 0 Å². The first-order valence-corrected chi connectivity index (χ1v) is 10.0. The highest BCUT2D eigenvalue weighted by Crippen LogP contribution is 2.34. The summed E-state index contributed by atoms with van der Waals surface area (Å²) in [5.41, 5.74) is 0.907. The molecule has 0 radical (unpaired) electrons. The van der Waals surface area contributed by atoms with Crippen LogP contribution in [0, 0.1) is 0 Å². The first-order chi connectivity index (χ1) is 13.0. The van der Waals surface area contributed by atoms with E-state index in [1.54, 1.807) is 0 Å². The Morgan fingerprint density at radius 2 is 2.00 bits per heavy atom. The Morgan fingerprint density at radius 1 is 1.22 bits per heavy atom. The quantitative estimate of drug-likeness (QED) is 0.792. The molecule has 2 heterocycles. The van der Waals surface area contributed by atoms with Crippen LogP contribution in [-0.4, -0.2) is 62.9 Å². The summed E-state index contributed by atoms with van der Waals surface area (Å²) in [7, 11) is 0. The highest BCUT2D eigenvalue weighted by molar-refractivity contribution is 5.82. The van der Waals surface area contributed by atoms with Crippen LogP contribution in [0.15, 0.2) is 18.2 Å². The predicted molar refractivity (Wildman–Crippen MR) is 105 cm³/mol. The lowest BCUT2D eigenvalue weighted by atomic mass is 9.84. The molecule has 1 N–H and O–H groups in total. The molecule has 1 unspecified atom stereocenters. The monoisotopic (exact) mass is 376 g/mol. The Balaban J connectivity index is 1.61. The lowest BCUT2D eigenvalue weighted by Gasteiger charge is -2.35. The number of amides is 1. The van der Waals surface area contributed by atoms with Crippen molar-refractivity contribution >= 4 is 5.91 Å². The van der Waals surface area contributed by atoms with Crippen molar-refractivity contribution in [2.75, 3.05) is 46.1 Å². The average molecular weight is 376 g/mol. The summed E-state index contributed by atoms with van der Waals surface area (Å²) < 4.78 is 16.9. The van der Waals surface area contributed by atoms with Gasteiger partial charge >= 0.3 is 0 Å². The van der Waals surface area contributed by atoms with E-state index in [1.165, 1.54) is 0 Å². The fourth-order valence-electron chi connectivity index (χ4n) is 3.50. The highest BCUT2D eigenvalue weighted by atomic mass is 16.6. The van der Waals surface area contributed by atoms with Gasteiger partial charge in [0.2, 0.25) is 5.91 Å². The number of nitrogens with one attached hydrogen (secondary N) is 1. The lowest BCUT2D eigenvalue weighted by molar-refractivity contribution is -0.132. The number of rotatable bonds is 7. The van der Waals surface area contributed by atoms with E-state index in [2.05, 4.69) is 37.1 Å². The highest BCUT2D eigenvalue weighted by Gasteiger charge is 2.31. The maximum atomic E-state index is 12.8. The molecule has 27 heavy (non-hydrogen) atoms. The second kappa shape index (κ2) is 8.93. The molecule has 1 fully saturated rings. The van der Waals surface area contributed by atoms with E-state index in [9.17, 15) is 4.79 Å². The van der Waals surface area contributed by atoms with Gasteiger partial charge in [-0.3, -0.25) is 9.69 Å². The summed E-state index contributed by atoms with van der Waals surface area (Å²) >= 11 is 0. The Morgan fingerprint density at radius 3 is 2.78 bits per heavy atom. The van der Waals surface area contributed by atoms with Crippen molar-refractivity contribution < 1.29 is 19.0 Å². The Kier molecular flexibility index (Phi) is 6.60. The maximum Gasteiger partial charge on any atom is 0.239 e. The van der Waals surface area contributed by atoms with E-state index >= 15 is 0 Å². The summed E-state index contributed by atoms with van der Waals surface area (Å²) in [5, 5.41) is 3.14. The van der Waals surface area contributed by atoms with E-state index in [1.807, 2.05) is 12.1 Å². The molecule has 1 saturated heterocycles. The molecule has 0 spiro atoms. The van der Waals surface area contributed by atoms with Crippen molar-refractivity contribution in [1.82, 2.24) is 10.2 Å². The first-order valence-electron chi connectivity index (χ1n) is 10.0. The zero-order chi connectivity index (χ0) is 19.3. The summed E-state index contributed by atoms with van der Waals surface area (Å²) in [6, 6.07) is 5.84. The molecule has 2 aliphatic heterocycles. The van der Waals surface area contributed by atoms with Crippen molar-refractivity contribution in [3.63, 3.8) is 0 Å². The van der Waals surface area contributed by atoms with E-state index in [-0.39, 0.29) is 17.4 Å². The smallest absolute Gasteiger partial charge is 0.239 e. The minimum absolute atomic E-state index is 0.0522. The normalized spacial score (nSPS) is 20.3. The fraction of sp³-hybridized carbons (Fsp3) is 0.667. The van der Waals surface area contributed by atoms with Crippen molar-refractivity contribution in [2.24, 2.45) is 0 Å². The largest absolute Gasteiger partial charge is 0.486 e. The number of fused-ring (bicyclic) bond motifs is 1. The third kappa shape index (κ3) is 4.93. The second-order valence-electron chi connectivity index (χ2n) is 7.94. The van der Waals surface area contributed by atoms with Crippen molar-refractivity contribution in [2.45, 2.75) is 45.1 Å². The van der Waals surface area contributed by atoms with Crippen LogP contribution in [0.4, 0.5) is 0 Å². The lowest BCUT2D eigenvalue weighted by Crippen LogP contribution is -2.55. The van der Waals surface area contributed by atoms with E-state index in [4.69, 9.17) is 14.2 Å². The van der Waals surface area contributed by atoms with E-state index in [0.29, 0.717) is 33.0 Å². The Labute approximate surface area is 162 Å². The second-order valence-corrected chi connectivity index (χ2v) is 7.94. The molecule has 1 atom stereocenters. The van der Waals surface area contributed by atoms with Crippen LogP contribution in [-0.2, 0) is 14.9 Å². The van der Waals surface area contributed by atoms with Gasteiger partial charge in [0.25, 0.3) is 0 Å². The standard InChI is InChI=1S/C21H32N2O4/c1-4-5-8-23-9-10-25-14-17(23)20(24)22-15-21(2,3)16-6-7-18-19(13-16)27-12-11-26-18/h6-7,13,17H,4-5,8-12,14-15H2,1-3H3,(H,22,24). The number of morpholine rings is 1. The summed E-state index contributed by atoms with van der Waals surface area (Å²) in [4.78, 5) is 15.1. The van der Waals surface area contributed by atoms with Gasteiger partial charge in [-0.05, 0) is 30.7 Å². The number of ether oxygens (including phenoxy) is 3. The minimum Gasteiger partial charge on any atom is -0.486 e. The molecule has 0 aliphatic carbocycles. The van der Waals surface area contributed by atoms with Crippen LogP contribution >= 0.6 is 0 Å². The number of benzene rings is 1.